The smallest absolute Gasteiger partial charge is 0.127 e. The number of fused-ring (bicyclic) bond motifs is 4. The standard InChI is InChI=1S/C58H48O6P2/c1-59-45-21-13-41-33-49(25-17-37(41)29-45)65(50-26-18-38-30-46(60-2)22-14-42(38)34-50)55-11-7-9-53(63-5)57(55)58-54(64-6)10-8-12-56(58)66(51-27-19-39-31-47(61-3)23-15-43(39)35-51)52-28-20-40-32-48(62-4)24-16-44(40)36-52/h7-36H,1-6H3. The first kappa shape index (κ1) is 42.8. The molecule has 0 aliphatic heterocycles. The van der Waals surface area contributed by atoms with E-state index in [0.29, 0.717) is 0 Å². The highest BCUT2D eigenvalue weighted by Gasteiger charge is 2.30. The van der Waals surface area contributed by atoms with Crippen LogP contribution in [0.2, 0.25) is 0 Å². The molecule has 0 atom stereocenters. The molecule has 66 heavy (non-hydrogen) atoms. The minimum atomic E-state index is -1.21. The average molecular weight is 903 g/mol. The molecule has 0 spiro atoms. The summed E-state index contributed by atoms with van der Waals surface area (Å²) in [6.07, 6.45) is 0. The molecule has 0 bridgehead atoms. The number of benzene rings is 10. The highest BCUT2D eigenvalue weighted by Crippen LogP contribution is 2.48. The van der Waals surface area contributed by atoms with Crippen molar-refractivity contribution >= 4 is 90.8 Å². The zero-order chi connectivity index (χ0) is 45.3. The van der Waals surface area contributed by atoms with E-state index < -0.39 is 15.8 Å². The van der Waals surface area contributed by atoms with Crippen molar-refractivity contribution in [3.05, 3.63) is 182 Å². The van der Waals surface area contributed by atoms with Crippen LogP contribution >= 0.6 is 15.8 Å². The molecule has 0 fully saturated rings. The largest absolute Gasteiger partial charge is 0.497 e. The van der Waals surface area contributed by atoms with Gasteiger partial charge in [0.2, 0.25) is 0 Å². The molecule has 0 saturated heterocycles. The van der Waals surface area contributed by atoms with Gasteiger partial charge in [0.1, 0.15) is 34.5 Å². The van der Waals surface area contributed by atoms with Crippen LogP contribution in [0, 0.1) is 0 Å². The van der Waals surface area contributed by atoms with Crippen LogP contribution in [0.3, 0.4) is 0 Å². The van der Waals surface area contributed by atoms with Crippen molar-refractivity contribution in [1.29, 1.82) is 0 Å². The Morgan fingerprint density at radius 2 is 0.515 bits per heavy atom. The molecule has 0 unspecified atom stereocenters. The summed E-state index contributed by atoms with van der Waals surface area (Å²) in [6.45, 7) is 0. The topological polar surface area (TPSA) is 55.4 Å². The quantitative estimate of drug-likeness (QED) is 0.107. The SMILES string of the molecule is COc1ccc2cc(P(c3ccc4cc(OC)ccc4c3)c3cccc(OC)c3-c3c(OC)cccc3P(c3ccc4cc(OC)ccc4c3)c3ccc4cc(OC)ccc4c3)ccc2c1. The Morgan fingerprint density at radius 1 is 0.258 bits per heavy atom. The second-order valence-electron chi connectivity index (χ2n) is 16.0. The lowest BCUT2D eigenvalue weighted by atomic mass is 10.0. The van der Waals surface area contributed by atoms with Crippen LogP contribution in [0.15, 0.2) is 182 Å². The molecule has 0 aromatic heterocycles. The zero-order valence-corrected chi connectivity index (χ0v) is 39.5. The normalized spacial score (nSPS) is 11.5. The summed E-state index contributed by atoms with van der Waals surface area (Å²) in [5.74, 6) is 4.86. The van der Waals surface area contributed by atoms with E-state index in [1.54, 1.807) is 42.7 Å². The lowest BCUT2D eigenvalue weighted by Gasteiger charge is -2.29. The van der Waals surface area contributed by atoms with Gasteiger partial charge in [0.25, 0.3) is 0 Å². The van der Waals surface area contributed by atoms with Crippen LogP contribution < -0.4 is 60.2 Å². The Morgan fingerprint density at radius 3 is 0.773 bits per heavy atom. The fraction of sp³-hybridized carbons (Fsp3) is 0.103. The van der Waals surface area contributed by atoms with E-state index in [2.05, 4.69) is 158 Å². The number of hydrogen-bond donors (Lipinski definition) is 0. The highest BCUT2D eigenvalue weighted by molar-refractivity contribution is 7.81. The van der Waals surface area contributed by atoms with Gasteiger partial charge in [-0.2, -0.15) is 0 Å². The molecule has 326 valence electrons. The Bertz CT molecular complexity index is 3040. The molecular formula is C58H48O6P2. The molecule has 10 aromatic carbocycles. The summed E-state index contributed by atoms with van der Waals surface area (Å²) in [4.78, 5) is 0. The van der Waals surface area contributed by atoms with Gasteiger partial charge in [-0.15, -0.1) is 0 Å². The zero-order valence-electron chi connectivity index (χ0n) is 37.7. The van der Waals surface area contributed by atoms with Crippen LogP contribution in [0.25, 0.3) is 54.2 Å². The van der Waals surface area contributed by atoms with Gasteiger partial charge in [-0.1, -0.05) is 97.1 Å². The molecular weight excluding hydrogens is 855 g/mol. The van der Waals surface area contributed by atoms with Crippen molar-refractivity contribution in [2.45, 2.75) is 0 Å². The van der Waals surface area contributed by atoms with E-state index in [1.807, 2.05) is 24.3 Å². The average Bonchev–Trinajstić information content (AvgIpc) is 3.37. The van der Waals surface area contributed by atoms with E-state index in [1.165, 1.54) is 21.2 Å². The molecule has 0 aliphatic rings. The van der Waals surface area contributed by atoms with E-state index in [4.69, 9.17) is 28.4 Å². The lowest BCUT2D eigenvalue weighted by Crippen LogP contribution is -2.26. The predicted octanol–water partition coefficient (Wildman–Crippen LogP) is 11.5. The van der Waals surface area contributed by atoms with Crippen molar-refractivity contribution in [2.24, 2.45) is 0 Å². The predicted molar refractivity (Wildman–Crippen MR) is 279 cm³/mol. The Balaban J connectivity index is 1.25. The molecule has 0 saturated carbocycles. The summed E-state index contributed by atoms with van der Waals surface area (Å²) in [5, 5.41) is 16.2. The van der Waals surface area contributed by atoms with Gasteiger partial charge >= 0.3 is 0 Å². The summed E-state index contributed by atoms with van der Waals surface area (Å²) in [6, 6.07) is 65.4. The molecule has 10 rings (SSSR count). The maximum atomic E-state index is 6.47. The van der Waals surface area contributed by atoms with Gasteiger partial charge in [0, 0.05) is 11.1 Å². The van der Waals surface area contributed by atoms with Crippen LogP contribution in [0.5, 0.6) is 34.5 Å². The lowest BCUT2D eigenvalue weighted by molar-refractivity contribution is 0.411. The Hall–Kier alpha value is -7.10. The van der Waals surface area contributed by atoms with Gasteiger partial charge in [-0.25, -0.2) is 0 Å². The summed E-state index contributed by atoms with van der Waals surface area (Å²) < 4.78 is 35.4. The van der Waals surface area contributed by atoms with E-state index in [9.17, 15) is 0 Å². The number of hydrogen-bond acceptors (Lipinski definition) is 6. The van der Waals surface area contributed by atoms with E-state index in [0.717, 1.165) is 99.3 Å². The second kappa shape index (κ2) is 18.4. The van der Waals surface area contributed by atoms with Crippen LogP contribution in [0.4, 0.5) is 0 Å². The van der Waals surface area contributed by atoms with Crippen molar-refractivity contribution in [3.63, 3.8) is 0 Å². The Labute approximate surface area is 387 Å². The molecule has 0 radical (unpaired) electrons. The summed E-state index contributed by atoms with van der Waals surface area (Å²) >= 11 is 0. The van der Waals surface area contributed by atoms with Crippen LogP contribution in [0.1, 0.15) is 0 Å². The van der Waals surface area contributed by atoms with Crippen molar-refractivity contribution < 1.29 is 28.4 Å². The highest BCUT2D eigenvalue weighted by atomic mass is 31.1. The van der Waals surface area contributed by atoms with Crippen molar-refractivity contribution in [3.8, 4) is 45.6 Å². The molecule has 6 nitrogen and oxygen atoms in total. The maximum Gasteiger partial charge on any atom is 0.127 e. The van der Waals surface area contributed by atoms with Crippen molar-refractivity contribution in [2.75, 3.05) is 42.7 Å². The van der Waals surface area contributed by atoms with Gasteiger partial charge in [-0.3, -0.25) is 0 Å². The van der Waals surface area contributed by atoms with Crippen LogP contribution in [-0.2, 0) is 0 Å². The minimum Gasteiger partial charge on any atom is -0.497 e. The van der Waals surface area contributed by atoms with Crippen molar-refractivity contribution in [1.82, 2.24) is 0 Å². The third-order valence-electron chi connectivity index (χ3n) is 12.3. The fourth-order valence-electron chi connectivity index (χ4n) is 9.02. The van der Waals surface area contributed by atoms with Crippen LogP contribution in [-0.4, -0.2) is 42.7 Å². The third kappa shape index (κ3) is 8.02. The minimum absolute atomic E-state index is 0.771. The molecule has 0 N–H and O–H groups in total. The first-order chi connectivity index (χ1) is 32.4. The summed E-state index contributed by atoms with van der Waals surface area (Å²) in [7, 11) is 7.95. The molecule has 0 amide bonds. The third-order valence-corrected chi connectivity index (χ3v) is 17.2. The number of ether oxygens (including phenoxy) is 6. The maximum absolute atomic E-state index is 6.47. The Kier molecular flexibility index (Phi) is 11.9. The molecule has 10 aromatic rings. The molecule has 0 aliphatic carbocycles. The number of rotatable bonds is 13. The van der Waals surface area contributed by atoms with Gasteiger partial charge in [-0.05, 0) is 176 Å². The van der Waals surface area contributed by atoms with Gasteiger partial charge in [0.05, 0.1) is 42.7 Å². The monoisotopic (exact) mass is 902 g/mol. The first-order valence-electron chi connectivity index (χ1n) is 21.7. The second-order valence-corrected chi connectivity index (χ2v) is 20.3. The fourth-order valence-corrected chi connectivity index (χ4v) is 14.1. The summed E-state index contributed by atoms with van der Waals surface area (Å²) in [5.41, 5.74) is 2.01. The van der Waals surface area contributed by atoms with E-state index in [-0.39, 0.29) is 0 Å². The first-order valence-corrected chi connectivity index (χ1v) is 24.3. The van der Waals surface area contributed by atoms with E-state index >= 15 is 0 Å². The van der Waals surface area contributed by atoms with Gasteiger partial charge in [0.15, 0.2) is 0 Å². The van der Waals surface area contributed by atoms with Gasteiger partial charge < -0.3 is 28.4 Å². The number of methoxy groups -OCH3 is 6. The molecule has 0 heterocycles. The molecule has 8 heteroatoms.